The van der Waals surface area contributed by atoms with E-state index in [4.69, 9.17) is 0 Å². The molecule has 22 heavy (non-hydrogen) atoms. The summed E-state index contributed by atoms with van der Waals surface area (Å²) in [6.45, 7) is 2.16. The van der Waals surface area contributed by atoms with Crippen molar-refractivity contribution in [3.8, 4) is 0 Å². The molecule has 4 nitrogen and oxygen atoms in total. The van der Waals surface area contributed by atoms with Crippen molar-refractivity contribution in [3.63, 3.8) is 0 Å². The predicted molar refractivity (Wildman–Crippen MR) is 82.9 cm³/mol. The lowest BCUT2D eigenvalue weighted by atomic mass is 10.1. The summed E-state index contributed by atoms with van der Waals surface area (Å²) in [5.74, 6) is -1.69. The van der Waals surface area contributed by atoms with Gasteiger partial charge in [0.15, 0.2) is 0 Å². The van der Waals surface area contributed by atoms with E-state index in [2.05, 4.69) is 10.6 Å². The van der Waals surface area contributed by atoms with Gasteiger partial charge in [-0.15, -0.1) is 0 Å². The fourth-order valence-corrected chi connectivity index (χ4v) is 1.94. The SMILES string of the molecule is Cc1ccccc1NC(=O)C(=O)NCCc1ccc(F)cc1. The van der Waals surface area contributed by atoms with Crippen molar-refractivity contribution in [2.75, 3.05) is 11.9 Å². The Balaban J connectivity index is 1.80. The Morgan fingerprint density at radius 1 is 1.00 bits per heavy atom. The fourth-order valence-electron chi connectivity index (χ4n) is 1.94. The number of amides is 2. The highest BCUT2D eigenvalue weighted by molar-refractivity contribution is 6.39. The highest BCUT2D eigenvalue weighted by Crippen LogP contribution is 2.12. The van der Waals surface area contributed by atoms with Crippen molar-refractivity contribution in [2.45, 2.75) is 13.3 Å². The van der Waals surface area contributed by atoms with E-state index in [0.29, 0.717) is 18.7 Å². The van der Waals surface area contributed by atoms with Gasteiger partial charge >= 0.3 is 11.8 Å². The van der Waals surface area contributed by atoms with Gasteiger partial charge in [-0.25, -0.2) is 4.39 Å². The molecule has 2 rings (SSSR count). The maximum atomic E-state index is 12.8. The number of hydrogen-bond donors (Lipinski definition) is 2. The molecule has 0 spiro atoms. The van der Waals surface area contributed by atoms with Crippen LogP contribution in [0.5, 0.6) is 0 Å². The number of halogens is 1. The van der Waals surface area contributed by atoms with Gasteiger partial charge in [0.05, 0.1) is 0 Å². The highest BCUT2D eigenvalue weighted by atomic mass is 19.1. The minimum atomic E-state index is -0.701. The highest BCUT2D eigenvalue weighted by Gasteiger charge is 2.13. The Hall–Kier alpha value is -2.69. The minimum Gasteiger partial charge on any atom is -0.347 e. The fraction of sp³-hybridized carbons (Fsp3) is 0.176. The third-order valence-corrected chi connectivity index (χ3v) is 3.21. The predicted octanol–water partition coefficient (Wildman–Crippen LogP) is 2.43. The summed E-state index contributed by atoms with van der Waals surface area (Å²) in [4.78, 5) is 23.5. The molecule has 0 bridgehead atoms. The minimum absolute atomic E-state index is 0.301. The van der Waals surface area contributed by atoms with E-state index >= 15 is 0 Å². The first-order chi connectivity index (χ1) is 10.6. The van der Waals surface area contributed by atoms with Gasteiger partial charge in [-0.1, -0.05) is 30.3 Å². The zero-order valence-corrected chi connectivity index (χ0v) is 12.2. The molecule has 5 heteroatoms. The normalized spacial score (nSPS) is 10.1. The number of carbonyl (C=O) groups is 2. The smallest absolute Gasteiger partial charge is 0.313 e. The first-order valence-electron chi connectivity index (χ1n) is 6.95. The van der Waals surface area contributed by atoms with Crippen LogP contribution in [-0.2, 0) is 16.0 Å². The van der Waals surface area contributed by atoms with Gasteiger partial charge in [-0.05, 0) is 42.7 Å². The van der Waals surface area contributed by atoms with Crippen molar-refractivity contribution >= 4 is 17.5 Å². The molecule has 2 amide bonds. The van der Waals surface area contributed by atoms with Crippen molar-refractivity contribution in [1.82, 2.24) is 5.32 Å². The Morgan fingerprint density at radius 3 is 2.36 bits per heavy atom. The van der Waals surface area contributed by atoms with Crippen molar-refractivity contribution < 1.29 is 14.0 Å². The lowest BCUT2D eigenvalue weighted by molar-refractivity contribution is -0.136. The number of aryl methyl sites for hydroxylation is 1. The summed E-state index contributed by atoms with van der Waals surface area (Å²) in [6, 6.07) is 13.2. The Labute approximate surface area is 128 Å². The largest absolute Gasteiger partial charge is 0.347 e. The average Bonchev–Trinajstić information content (AvgIpc) is 2.51. The van der Waals surface area contributed by atoms with Crippen molar-refractivity contribution in [1.29, 1.82) is 0 Å². The van der Waals surface area contributed by atoms with Crippen molar-refractivity contribution in [2.24, 2.45) is 0 Å². The topological polar surface area (TPSA) is 58.2 Å². The molecule has 0 fully saturated rings. The molecule has 0 saturated heterocycles. The second-order valence-electron chi connectivity index (χ2n) is 4.90. The molecular formula is C17H17FN2O2. The number of carbonyl (C=O) groups excluding carboxylic acids is 2. The van der Waals surface area contributed by atoms with Crippen LogP contribution >= 0.6 is 0 Å². The molecule has 0 saturated carbocycles. The van der Waals surface area contributed by atoms with Crippen LogP contribution in [-0.4, -0.2) is 18.4 Å². The number of nitrogens with one attached hydrogen (secondary N) is 2. The quantitative estimate of drug-likeness (QED) is 0.852. The molecule has 2 N–H and O–H groups in total. The van der Waals surface area contributed by atoms with Crippen LogP contribution in [0.25, 0.3) is 0 Å². The molecule has 114 valence electrons. The second-order valence-corrected chi connectivity index (χ2v) is 4.90. The first-order valence-corrected chi connectivity index (χ1v) is 6.95. The molecule has 0 radical (unpaired) electrons. The van der Waals surface area contributed by atoms with Crippen LogP contribution in [0.2, 0.25) is 0 Å². The lowest BCUT2D eigenvalue weighted by Gasteiger charge is -2.08. The number of para-hydroxylation sites is 1. The molecule has 2 aromatic rings. The third-order valence-electron chi connectivity index (χ3n) is 3.21. The molecule has 0 unspecified atom stereocenters. The molecule has 0 heterocycles. The van der Waals surface area contributed by atoms with Crippen LogP contribution in [0.15, 0.2) is 48.5 Å². The summed E-state index contributed by atoms with van der Waals surface area (Å²) in [6.07, 6.45) is 0.531. The monoisotopic (exact) mass is 300 g/mol. The van der Waals surface area contributed by atoms with Crippen LogP contribution < -0.4 is 10.6 Å². The van der Waals surface area contributed by atoms with Gasteiger partial charge in [0.2, 0.25) is 0 Å². The van der Waals surface area contributed by atoms with E-state index in [9.17, 15) is 14.0 Å². The zero-order chi connectivity index (χ0) is 15.9. The number of benzene rings is 2. The van der Waals surface area contributed by atoms with Gasteiger partial charge in [-0.3, -0.25) is 9.59 Å². The van der Waals surface area contributed by atoms with E-state index in [1.54, 1.807) is 24.3 Å². The third kappa shape index (κ3) is 4.41. The molecular weight excluding hydrogens is 283 g/mol. The first kappa shape index (κ1) is 15.7. The molecule has 0 aliphatic rings. The van der Waals surface area contributed by atoms with E-state index in [1.165, 1.54) is 12.1 Å². The van der Waals surface area contributed by atoms with Crippen LogP contribution in [0.4, 0.5) is 10.1 Å². The molecule has 0 aliphatic carbocycles. The van der Waals surface area contributed by atoms with Gasteiger partial charge < -0.3 is 10.6 Å². The van der Waals surface area contributed by atoms with Gasteiger partial charge in [0.25, 0.3) is 0 Å². The average molecular weight is 300 g/mol. The van der Waals surface area contributed by atoms with Crippen LogP contribution in [0, 0.1) is 12.7 Å². The molecule has 0 atom stereocenters. The van der Waals surface area contributed by atoms with Gasteiger partial charge in [-0.2, -0.15) is 0 Å². The van der Waals surface area contributed by atoms with Gasteiger partial charge in [0, 0.05) is 12.2 Å². The Kier molecular flexibility index (Phi) is 5.25. The summed E-state index contributed by atoms with van der Waals surface area (Å²) >= 11 is 0. The Bertz CT molecular complexity index is 669. The summed E-state index contributed by atoms with van der Waals surface area (Å²) in [5, 5.41) is 5.11. The van der Waals surface area contributed by atoms with E-state index in [-0.39, 0.29) is 5.82 Å². The van der Waals surface area contributed by atoms with E-state index in [1.807, 2.05) is 19.1 Å². The molecule has 2 aromatic carbocycles. The maximum Gasteiger partial charge on any atom is 0.313 e. The molecule has 0 aromatic heterocycles. The number of anilines is 1. The standard InChI is InChI=1S/C17H17FN2O2/c1-12-4-2-3-5-15(12)20-17(22)16(21)19-11-10-13-6-8-14(18)9-7-13/h2-9H,10-11H2,1H3,(H,19,21)(H,20,22). The Morgan fingerprint density at radius 2 is 1.68 bits per heavy atom. The van der Waals surface area contributed by atoms with E-state index in [0.717, 1.165) is 11.1 Å². The summed E-state index contributed by atoms with van der Waals surface area (Å²) < 4.78 is 12.8. The summed E-state index contributed by atoms with van der Waals surface area (Å²) in [5.41, 5.74) is 2.39. The van der Waals surface area contributed by atoms with E-state index < -0.39 is 11.8 Å². The lowest BCUT2D eigenvalue weighted by Crippen LogP contribution is -2.36. The summed E-state index contributed by atoms with van der Waals surface area (Å²) in [7, 11) is 0. The number of hydrogen-bond acceptors (Lipinski definition) is 2. The van der Waals surface area contributed by atoms with Gasteiger partial charge in [0.1, 0.15) is 5.82 Å². The van der Waals surface area contributed by atoms with Crippen LogP contribution in [0.1, 0.15) is 11.1 Å². The second kappa shape index (κ2) is 7.36. The number of rotatable bonds is 4. The maximum absolute atomic E-state index is 12.8. The zero-order valence-electron chi connectivity index (χ0n) is 12.2. The molecule has 0 aliphatic heterocycles. The van der Waals surface area contributed by atoms with Crippen LogP contribution in [0.3, 0.4) is 0 Å². The van der Waals surface area contributed by atoms with Crippen molar-refractivity contribution in [3.05, 3.63) is 65.5 Å².